The molecule has 0 saturated carbocycles. The Labute approximate surface area is 190 Å². The molecule has 3 heterocycles. The molecule has 2 aromatic carbocycles. The first kappa shape index (κ1) is 20.3. The van der Waals surface area contributed by atoms with E-state index >= 15 is 0 Å². The second-order valence-corrected chi connectivity index (χ2v) is 8.46. The third-order valence-electron chi connectivity index (χ3n) is 5.56. The molecule has 5 rings (SSSR count). The smallest absolute Gasteiger partial charge is 0.278 e. The predicted octanol–water partition coefficient (Wildman–Crippen LogP) is 5.06. The number of carbonyl (C=O) groups excluding carboxylic acids is 1. The second kappa shape index (κ2) is 8.84. The maximum Gasteiger partial charge on any atom is 0.278 e. The van der Waals surface area contributed by atoms with Crippen LogP contribution in [0.15, 0.2) is 60.1 Å². The van der Waals surface area contributed by atoms with E-state index in [9.17, 15) is 4.79 Å². The van der Waals surface area contributed by atoms with E-state index in [0.29, 0.717) is 22.3 Å². The number of aromatic amines is 1. The molecule has 1 saturated heterocycles. The number of carbonyl (C=O) groups is 1. The number of hydrogen-bond donors (Lipinski definition) is 2. The van der Waals surface area contributed by atoms with E-state index in [-0.39, 0.29) is 5.91 Å². The fourth-order valence-corrected chi connectivity index (χ4v) is 4.41. The largest absolute Gasteiger partial charge is 0.497 e. The van der Waals surface area contributed by atoms with Crippen molar-refractivity contribution in [1.82, 2.24) is 15.0 Å². The number of nitrogens with one attached hydrogen (secondary N) is 2. The van der Waals surface area contributed by atoms with Gasteiger partial charge in [-0.2, -0.15) is 0 Å². The van der Waals surface area contributed by atoms with Gasteiger partial charge in [0.1, 0.15) is 11.6 Å². The van der Waals surface area contributed by atoms with Crippen molar-refractivity contribution in [2.24, 2.45) is 0 Å². The van der Waals surface area contributed by atoms with Gasteiger partial charge in [-0.15, -0.1) is 11.3 Å². The Bertz CT molecular complexity index is 1190. The van der Waals surface area contributed by atoms with E-state index in [1.165, 1.54) is 29.9 Å². The van der Waals surface area contributed by atoms with E-state index in [1.54, 1.807) is 13.3 Å². The monoisotopic (exact) mass is 445 g/mol. The van der Waals surface area contributed by atoms with Crippen molar-refractivity contribution >= 4 is 28.1 Å². The van der Waals surface area contributed by atoms with Crippen molar-refractivity contribution in [2.45, 2.75) is 12.8 Å². The molecule has 1 amide bonds. The molecule has 162 valence electrons. The summed E-state index contributed by atoms with van der Waals surface area (Å²) in [4.78, 5) is 27.6. The van der Waals surface area contributed by atoms with Crippen LogP contribution in [-0.4, -0.2) is 41.1 Å². The Morgan fingerprint density at radius 3 is 2.44 bits per heavy atom. The molecule has 0 bridgehead atoms. The fourth-order valence-electron chi connectivity index (χ4n) is 3.89. The molecule has 2 N–H and O–H groups in total. The number of hydrogen-bond acceptors (Lipinski definition) is 6. The van der Waals surface area contributed by atoms with Gasteiger partial charge < -0.3 is 14.6 Å². The average molecular weight is 446 g/mol. The quantitative estimate of drug-likeness (QED) is 0.433. The lowest BCUT2D eigenvalue weighted by atomic mass is 10.1. The summed E-state index contributed by atoms with van der Waals surface area (Å²) in [5, 5.41) is 5.19. The summed E-state index contributed by atoms with van der Waals surface area (Å²) in [5.74, 6) is 1.09. The lowest BCUT2D eigenvalue weighted by Crippen LogP contribution is -2.17. The van der Waals surface area contributed by atoms with Crippen LogP contribution in [-0.2, 0) is 0 Å². The fraction of sp³-hybridized carbons (Fsp3) is 0.208. The summed E-state index contributed by atoms with van der Waals surface area (Å²) >= 11 is 1.37. The van der Waals surface area contributed by atoms with Crippen LogP contribution in [0.1, 0.15) is 23.3 Å². The van der Waals surface area contributed by atoms with E-state index in [2.05, 4.69) is 37.3 Å². The number of benzene rings is 2. The van der Waals surface area contributed by atoms with Crippen molar-refractivity contribution in [1.29, 1.82) is 0 Å². The van der Waals surface area contributed by atoms with E-state index in [0.717, 1.165) is 30.0 Å². The van der Waals surface area contributed by atoms with Gasteiger partial charge in [-0.25, -0.2) is 9.97 Å². The molecule has 0 aliphatic carbocycles. The summed E-state index contributed by atoms with van der Waals surface area (Å²) in [6.07, 6.45) is 4.13. The number of anilines is 2. The number of nitrogens with zero attached hydrogens (tertiary/aromatic N) is 3. The molecule has 8 heteroatoms. The second-order valence-electron chi connectivity index (χ2n) is 7.57. The van der Waals surface area contributed by atoms with E-state index in [1.807, 2.05) is 41.8 Å². The normalized spacial score (nSPS) is 13.3. The molecule has 0 atom stereocenters. The maximum atomic E-state index is 13.0. The van der Waals surface area contributed by atoms with Crippen molar-refractivity contribution in [3.63, 3.8) is 0 Å². The lowest BCUT2D eigenvalue weighted by molar-refractivity contribution is 0.102. The highest BCUT2D eigenvalue weighted by atomic mass is 32.1. The van der Waals surface area contributed by atoms with Crippen LogP contribution < -0.4 is 15.0 Å². The van der Waals surface area contributed by atoms with Crippen LogP contribution in [0.25, 0.3) is 22.6 Å². The third-order valence-corrected chi connectivity index (χ3v) is 6.25. The Kier molecular flexibility index (Phi) is 5.60. The summed E-state index contributed by atoms with van der Waals surface area (Å²) in [5.41, 5.74) is 3.97. The molecule has 1 aliphatic heterocycles. The van der Waals surface area contributed by atoms with Crippen LogP contribution >= 0.6 is 11.3 Å². The summed E-state index contributed by atoms with van der Waals surface area (Å²) in [6.45, 7) is 2.20. The third kappa shape index (κ3) is 4.09. The number of rotatable bonds is 6. The molecule has 1 aliphatic rings. The highest BCUT2D eigenvalue weighted by Crippen LogP contribution is 2.30. The molecule has 0 unspecified atom stereocenters. The number of methoxy groups -OCH3 is 1. The van der Waals surface area contributed by atoms with Gasteiger partial charge in [-0.3, -0.25) is 10.1 Å². The van der Waals surface area contributed by atoms with Crippen LogP contribution in [0, 0.1) is 0 Å². The molecular formula is C24H23N5O2S. The zero-order valence-electron chi connectivity index (χ0n) is 17.7. The molecule has 7 nitrogen and oxygen atoms in total. The minimum Gasteiger partial charge on any atom is -0.497 e. The van der Waals surface area contributed by atoms with Gasteiger partial charge in [-0.1, -0.05) is 0 Å². The van der Waals surface area contributed by atoms with Crippen molar-refractivity contribution in [3.8, 4) is 28.4 Å². The highest BCUT2D eigenvalue weighted by Gasteiger charge is 2.21. The number of thiazole rings is 1. The topological polar surface area (TPSA) is 83.1 Å². The molecule has 32 heavy (non-hydrogen) atoms. The SMILES string of the molecule is COc1ccc(-c2[nH]c(-c3ccc(N4CCCC4)cc3)nc2C(=O)Nc2nccs2)cc1. The molecular weight excluding hydrogens is 422 g/mol. The molecule has 4 aromatic rings. The summed E-state index contributed by atoms with van der Waals surface area (Å²) < 4.78 is 5.26. The van der Waals surface area contributed by atoms with Crippen LogP contribution in [0.4, 0.5) is 10.8 Å². The Morgan fingerprint density at radius 2 is 1.78 bits per heavy atom. The number of aromatic nitrogens is 3. The van der Waals surface area contributed by atoms with Crippen LogP contribution in [0.5, 0.6) is 5.75 Å². The zero-order chi connectivity index (χ0) is 21.9. The first-order chi connectivity index (χ1) is 15.7. The van der Waals surface area contributed by atoms with Gasteiger partial charge in [0.2, 0.25) is 0 Å². The average Bonchev–Trinajstić information content (AvgIpc) is 3.61. The minimum atomic E-state index is -0.304. The summed E-state index contributed by atoms with van der Waals surface area (Å²) in [6, 6.07) is 15.9. The van der Waals surface area contributed by atoms with Crippen molar-refractivity contribution in [3.05, 3.63) is 65.8 Å². The minimum absolute atomic E-state index is 0.304. The molecule has 0 radical (unpaired) electrons. The number of H-pyrrole nitrogens is 1. The Morgan fingerprint density at radius 1 is 1.06 bits per heavy atom. The Balaban J connectivity index is 1.50. The number of imidazole rings is 1. The highest BCUT2D eigenvalue weighted by molar-refractivity contribution is 7.13. The Hall–Kier alpha value is -3.65. The van der Waals surface area contributed by atoms with Crippen molar-refractivity contribution in [2.75, 3.05) is 30.4 Å². The molecule has 1 fully saturated rings. The number of ether oxygens (including phenoxy) is 1. The summed E-state index contributed by atoms with van der Waals surface area (Å²) in [7, 11) is 1.63. The van der Waals surface area contributed by atoms with Gasteiger partial charge in [0.15, 0.2) is 10.8 Å². The molecule has 0 spiro atoms. The van der Waals surface area contributed by atoms with Gasteiger partial charge >= 0.3 is 0 Å². The lowest BCUT2D eigenvalue weighted by Gasteiger charge is -2.17. The van der Waals surface area contributed by atoms with Gasteiger partial charge in [0.05, 0.1) is 12.8 Å². The zero-order valence-corrected chi connectivity index (χ0v) is 18.5. The van der Waals surface area contributed by atoms with Crippen molar-refractivity contribution < 1.29 is 9.53 Å². The van der Waals surface area contributed by atoms with Gasteiger partial charge in [0, 0.05) is 41.5 Å². The van der Waals surface area contributed by atoms with E-state index < -0.39 is 0 Å². The standard InChI is InChI=1S/C24H23N5O2S/c1-31-19-10-6-16(7-11-19)20-21(23(30)28-24-25-12-15-32-24)27-22(26-20)17-4-8-18(9-5-17)29-13-2-3-14-29/h4-12,15H,2-3,13-14H2,1H3,(H,26,27)(H,25,28,30). The first-order valence-electron chi connectivity index (χ1n) is 10.5. The maximum absolute atomic E-state index is 13.0. The van der Waals surface area contributed by atoms with E-state index in [4.69, 9.17) is 4.74 Å². The van der Waals surface area contributed by atoms with Crippen LogP contribution in [0.3, 0.4) is 0 Å². The number of amides is 1. The van der Waals surface area contributed by atoms with Gasteiger partial charge in [0.25, 0.3) is 5.91 Å². The first-order valence-corrected chi connectivity index (χ1v) is 11.4. The molecule has 2 aromatic heterocycles. The van der Waals surface area contributed by atoms with Crippen LogP contribution in [0.2, 0.25) is 0 Å². The van der Waals surface area contributed by atoms with Gasteiger partial charge in [-0.05, 0) is 61.4 Å². The predicted molar refractivity (Wildman–Crippen MR) is 128 cm³/mol.